The standard InChI is InChI=1S/C24H40O4/c1-17(25)13-21-5-7-22(14-18(2)26)9-11-24(16-20(4)28)12-10-23(8-6-21)15-19(3)27/h21-24H,5-16H2,1-4H3. The van der Waals surface area contributed by atoms with E-state index in [-0.39, 0.29) is 23.1 Å². The van der Waals surface area contributed by atoms with Gasteiger partial charge in [-0.1, -0.05) is 0 Å². The molecule has 4 nitrogen and oxygen atoms in total. The highest BCUT2D eigenvalue weighted by atomic mass is 16.1. The first-order valence-electron chi connectivity index (χ1n) is 11.1. The molecule has 0 aromatic rings. The minimum Gasteiger partial charge on any atom is -0.300 e. The zero-order chi connectivity index (χ0) is 21.1. The Kier molecular flexibility index (Phi) is 11.5. The molecule has 28 heavy (non-hydrogen) atoms. The number of carbonyl (C=O) groups is 4. The van der Waals surface area contributed by atoms with Crippen molar-refractivity contribution >= 4 is 23.1 Å². The molecule has 0 atom stereocenters. The van der Waals surface area contributed by atoms with E-state index in [0.29, 0.717) is 49.4 Å². The van der Waals surface area contributed by atoms with Crippen molar-refractivity contribution in [2.75, 3.05) is 0 Å². The fraction of sp³-hybridized carbons (Fsp3) is 0.833. The molecule has 1 aliphatic rings. The summed E-state index contributed by atoms with van der Waals surface area (Å²) in [6, 6.07) is 0. The number of Topliss-reactive ketones (excluding diaryl/α,β-unsaturated/α-hetero) is 4. The molecule has 0 unspecified atom stereocenters. The molecule has 0 spiro atoms. The molecule has 4 heteroatoms. The lowest BCUT2D eigenvalue weighted by atomic mass is 9.78. The number of hydrogen-bond acceptors (Lipinski definition) is 4. The van der Waals surface area contributed by atoms with Crippen LogP contribution in [0.3, 0.4) is 0 Å². The lowest BCUT2D eigenvalue weighted by molar-refractivity contribution is -0.119. The first-order valence-corrected chi connectivity index (χ1v) is 11.1. The molecule has 1 aliphatic carbocycles. The predicted molar refractivity (Wildman–Crippen MR) is 112 cm³/mol. The Morgan fingerprint density at radius 2 is 0.571 bits per heavy atom. The maximum absolute atomic E-state index is 11.7. The molecule has 0 aromatic heterocycles. The first-order chi connectivity index (χ1) is 13.2. The summed E-state index contributed by atoms with van der Waals surface area (Å²) in [5.41, 5.74) is 0. The maximum atomic E-state index is 11.7. The Balaban J connectivity index is 2.90. The number of carbonyl (C=O) groups excluding carboxylic acids is 4. The lowest BCUT2D eigenvalue weighted by Gasteiger charge is -2.27. The maximum Gasteiger partial charge on any atom is 0.130 e. The van der Waals surface area contributed by atoms with E-state index < -0.39 is 0 Å². The van der Waals surface area contributed by atoms with Crippen molar-refractivity contribution < 1.29 is 19.2 Å². The molecule has 160 valence electrons. The van der Waals surface area contributed by atoms with Gasteiger partial charge < -0.3 is 19.2 Å². The van der Waals surface area contributed by atoms with Crippen molar-refractivity contribution in [2.24, 2.45) is 23.7 Å². The van der Waals surface area contributed by atoms with Crippen LogP contribution >= 0.6 is 0 Å². The molecular formula is C24H40O4. The second kappa shape index (κ2) is 13.0. The topological polar surface area (TPSA) is 68.3 Å². The van der Waals surface area contributed by atoms with Crippen molar-refractivity contribution in [3.63, 3.8) is 0 Å². The van der Waals surface area contributed by atoms with Gasteiger partial charge in [-0.25, -0.2) is 0 Å². The smallest absolute Gasteiger partial charge is 0.130 e. The van der Waals surface area contributed by atoms with E-state index in [9.17, 15) is 19.2 Å². The zero-order valence-electron chi connectivity index (χ0n) is 18.4. The van der Waals surface area contributed by atoms with Crippen molar-refractivity contribution in [1.82, 2.24) is 0 Å². The third kappa shape index (κ3) is 11.5. The summed E-state index contributed by atoms with van der Waals surface area (Å²) < 4.78 is 0. The van der Waals surface area contributed by atoms with Crippen LogP contribution in [0.15, 0.2) is 0 Å². The van der Waals surface area contributed by atoms with Crippen LogP contribution in [0.2, 0.25) is 0 Å². The quantitative estimate of drug-likeness (QED) is 0.547. The van der Waals surface area contributed by atoms with Crippen LogP contribution < -0.4 is 0 Å². The monoisotopic (exact) mass is 392 g/mol. The largest absolute Gasteiger partial charge is 0.300 e. The van der Waals surface area contributed by atoms with E-state index in [2.05, 4.69) is 0 Å². The molecule has 0 heterocycles. The summed E-state index contributed by atoms with van der Waals surface area (Å²) in [7, 11) is 0. The molecule has 0 saturated heterocycles. The molecule has 0 radical (unpaired) electrons. The molecular weight excluding hydrogens is 352 g/mol. The number of rotatable bonds is 8. The Morgan fingerprint density at radius 3 is 0.679 bits per heavy atom. The Labute approximate surface area is 171 Å². The molecule has 0 N–H and O–H groups in total. The normalized spacial score (nSPS) is 27.3. The van der Waals surface area contributed by atoms with Crippen LogP contribution in [-0.4, -0.2) is 23.1 Å². The number of hydrogen-bond donors (Lipinski definition) is 0. The van der Waals surface area contributed by atoms with Gasteiger partial charge in [-0.2, -0.15) is 0 Å². The first kappa shape index (κ1) is 24.7. The van der Waals surface area contributed by atoms with E-state index >= 15 is 0 Å². The fourth-order valence-corrected chi connectivity index (χ4v) is 4.91. The van der Waals surface area contributed by atoms with Gasteiger partial charge in [0.15, 0.2) is 0 Å². The van der Waals surface area contributed by atoms with Gasteiger partial charge in [0.2, 0.25) is 0 Å². The summed E-state index contributed by atoms with van der Waals surface area (Å²) >= 11 is 0. The molecule has 0 aliphatic heterocycles. The van der Waals surface area contributed by atoms with Crippen LogP contribution in [0.5, 0.6) is 0 Å². The van der Waals surface area contributed by atoms with E-state index in [1.807, 2.05) is 0 Å². The Hall–Kier alpha value is -1.32. The molecule has 1 rings (SSSR count). The Morgan fingerprint density at radius 1 is 0.429 bits per heavy atom. The van der Waals surface area contributed by atoms with E-state index in [1.165, 1.54) is 0 Å². The summed E-state index contributed by atoms with van der Waals surface area (Å²) in [5.74, 6) is 2.33. The molecule has 1 saturated carbocycles. The van der Waals surface area contributed by atoms with Crippen molar-refractivity contribution in [1.29, 1.82) is 0 Å². The van der Waals surface area contributed by atoms with Gasteiger partial charge in [0.1, 0.15) is 23.1 Å². The van der Waals surface area contributed by atoms with Gasteiger partial charge in [-0.05, 0) is 103 Å². The van der Waals surface area contributed by atoms with Crippen LogP contribution in [0.4, 0.5) is 0 Å². The van der Waals surface area contributed by atoms with Crippen LogP contribution in [0, 0.1) is 23.7 Å². The zero-order valence-corrected chi connectivity index (χ0v) is 18.4. The van der Waals surface area contributed by atoms with Crippen LogP contribution in [-0.2, 0) is 19.2 Å². The van der Waals surface area contributed by atoms with Crippen LogP contribution in [0.1, 0.15) is 105 Å². The van der Waals surface area contributed by atoms with Gasteiger partial charge in [0.05, 0.1) is 0 Å². The summed E-state index contributed by atoms with van der Waals surface area (Å²) in [6.07, 6.45) is 10.2. The van der Waals surface area contributed by atoms with Gasteiger partial charge in [-0.15, -0.1) is 0 Å². The van der Waals surface area contributed by atoms with Gasteiger partial charge >= 0.3 is 0 Å². The van der Waals surface area contributed by atoms with E-state index in [4.69, 9.17) is 0 Å². The summed E-state index contributed by atoms with van der Waals surface area (Å²) in [6.45, 7) is 6.62. The van der Waals surface area contributed by atoms with Crippen molar-refractivity contribution in [2.45, 2.75) is 105 Å². The van der Waals surface area contributed by atoms with Gasteiger partial charge in [0.25, 0.3) is 0 Å². The average molecular weight is 393 g/mol. The minimum atomic E-state index is 0.227. The molecule has 0 aromatic carbocycles. The highest BCUT2D eigenvalue weighted by Crippen LogP contribution is 2.33. The third-order valence-corrected chi connectivity index (χ3v) is 6.24. The van der Waals surface area contributed by atoms with E-state index in [1.54, 1.807) is 27.7 Å². The fourth-order valence-electron chi connectivity index (χ4n) is 4.91. The highest BCUT2D eigenvalue weighted by Gasteiger charge is 2.23. The molecule has 0 amide bonds. The van der Waals surface area contributed by atoms with Gasteiger partial charge in [-0.3, -0.25) is 0 Å². The van der Waals surface area contributed by atoms with Crippen molar-refractivity contribution in [3.8, 4) is 0 Å². The minimum absolute atomic E-state index is 0.227. The lowest BCUT2D eigenvalue weighted by Crippen LogP contribution is -2.18. The van der Waals surface area contributed by atoms with Gasteiger partial charge in [0, 0.05) is 25.7 Å². The highest BCUT2D eigenvalue weighted by molar-refractivity contribution is 5.76. The van der Waals surface area contributed by atoms with Crippen LogP contribution in [0.25, 0.3) is 0 Å². The molecule has 1 fully saturated rings. The summed E-state index contributed by atoms with van der Waals surface area (Å²) in [5, 5.41) is 0. The predicted octanol–water partition coefficient (Wildman–Crippen LogP) is 5.50. The third-order valence-electron chi connectivity index (χ3n) is 6.24. The van der Waals surface area contributed by atoms with Crippen molar-refractivity contribution in [3.05, 3.63) is 0 Å². The molecule has 0 bridgehead atoms. The number of ketones is 4. The SMILES string of the molecule is CC(=O)CC1CCC(CC(C)=O)CCC(CC(C)=O)CCC(CC(C)=O)CC1. The second-order valence-electron chi connectivity index (χ2n) is 9.40. The second-order valence-corrected chi connectivity index (χ2v) is 9.40. The van der Waals surface area contributed by atoms with E-state index in [0.717, 1.165) is 51.4 Å². The Bertz CT molecular complexity index is 425. The summed E-state index contributed by atoms with van der Waals surface area (Å²) in [4.78, 5) is 46.8. The average Bonchev–Trinajstić information content (AvgIpc) is 2.55.